The van der Waals surface area contributed by atoms with Crippen molar-refractivity contribution in [2.24, 2.45) is 0 Å². The van der Waals surface area contributed by atoms with Gasteiger partial charge in [0.05, 0.1) is 28.4 Å². The zero-order chi connectivity index (χ0) is 20.7. The van der Waals surface area contributed by atoms with Crippen molar-refractivity contribution in [1.29, 1.82) is 0 Å². The molecule has 0 atom stereocenters. The van der Waals surface area contributed by atoms with Crippen LogP contribution in [0.5, 0.6) is 28.7 Å². The lowest BCUT2D eigenvalue weighted by molar-refractivity contribution is 0.103. The number of hydrogen-bond acceptors (Lipinski definition) is 6. The first-order valence-corrected chi connectivity index (χ1v) is 8.91. The molecule has 0 bridgehead atoms. The molecular formula is C22H26O6. The minimum absolute atomic E-state index is 0.0207. The van der Waals surface area contributed by atoms with E-state index in [1.807, 2.05) is 6.92 Å². The number of ether oxygens (including phenoxy) is 4. The Labute approximate surface area is 165 Å². The van der Waals surface area contributed by atoms with Gasteiger partial charge < -0.3 is 24.1 Å². The summed E-state index contributed by atoms with van der Waals surface area (Å²) < 4.78 is 21.1. The van der Waals surface area contributed by atoms with E-state index in [0.717, 1.165) is 6.42 Å². The normalized spacial score (nSPS) is 11.1. The van der Waals surface area contributed by atoms with Crippen molar-refractivity contribution in [3.8, 4) is 28.7 Å². The highest BCUT2D eigenvalue weighted by Crippen LogP contribution is 2.39. The molecule has 0 aliphatic carbocycles. The summed E-state index contributed by atoms with van der Waals surface area (Å²) in [5.41, 5.74) is 1.76. The van der Waals surface area contributed by atoms with Crippen LogP contribution in [0.4, 0.5) is 0 Å². The van der Waals surface area contributed by atoms with Crippen molar-refractivity contribution in [2.75, 3.05) is 28.4 Å². The summed E-state index contributed by atoms with van der Waals surface area (Å²) in [6.07, 6.45) is 3.15. The van der Waals surface area contributed by atoms with E-state index in [1.54, 1.807) is 36.4 Å². The summed E-state index contributed by atoms with van der Waals surface area (Å²) in [5.74, 6) is 1.53. The molecule has 0 aliphatic heterocycles. The van der Waals surface area contributed by atoms with Crippen LogP contribution >= 0.6 is 0 Å². The number of Topliss-reactive ketones (excluding diaryl/α,β-unsaturated/α-hetero) is 1. The fourth-order valence-corrected chi connectivity index (χ4v) is 2.92. The first kappa shape index (κ1) is 21.2. The lowest BCUT2D eigenvalue weighted by Gasteiger charge is -2.14. The van der Waals surface area contributed by atoms with Gasteiger partial charge in [0.15, 0.2) is 28.8 Å². The summed E-state index contributed by atoms with van der Waals surface area (Å²) in [7, 11) is 6.02. The van der Waals surface area contributed by atoms with Gasteiger partial charge in [0.1, 0.15) is 0 Å². The van der Waals surface area contributed by atoms with E-state index in [2.05, 4.69) is 0 Å². The molecule has 2 aromatic rings. The predicted molar refractivity (Wildman–Crippen MR) is 108 cm³/mol. The Balaban J connectivity index is 2.49. The number of carbonyl (C=O) groups excluding carboxylic acids is 1. The number of rotatable bonds is 9. The van der Waals surface area contributed by atoms with E-state index in [-0.39, 0.29) is 11.5 Å². The number of aromatic hydroxyl groups is 1. The van der Waals surface area contributed by atoms with Gasteiger partial charge in [-0.3, -0.25) is 4.79 Å². The van der Waals surface area contributed by atoms with Crippen molar-refractivity contribution < 1.29 is 28.8 Å². The highest BCUT2D eigenvalue weighted by atomic mass is 16.5. The summed E-state index contributed by atoms with van der Waals surface area (Å²) in [6, 6.07) is 8.29. The van der Waals surface area contributed by atoms with Crippen LogP contribution in [0.15, 0.2) is 35.9 Å². The van der Waals surface area contributed by atoms with E-state index in [0.29, 0.717) is 46.1 Å². The third-order valence-electron chi connectivity index (χ3n) is 4.28. The molecule has 0 spiro atoms. The highest BCUT2D eigenvalue weighted by molar-refractivity contribution is 6.12. The van der Waals surface area contributed by atoms with Gasteiger partial charge in [-0.1, -0.05) is 19.4 Å². The second kappa shape index (κ2) is 9.69. The Bertz CT molecular complexity index is 844. The standard InChI is InChI=1S/C22H26O6/c1-6-7-15(10-14-8-9-18(25-2)17(23)11-14)21(24)16-12-19(26-3)22(28-5)20(13-16)27-4/h8-13,23H,6-7H2,1-5H3/b15-10+. The van der Waals surface area contributed by atoms with Crippen LogP contribution in [0.25, 0.3) is 6.08 Å². The molecule has 1 N–H and O–H groups in total. The fourth-order valence-electron chi connectivity index (χ4n) is 2.92. The topological polar surface area (TPSA) is 74.2 Å². The van der Waals surface area contributed by atoms with Crippen molar-refractivity contribution in [3.05, 3.63) is 47.0 Å². The SMILES string of the molecule is CCC/C(=C\c1ccc(OC)c(O)c1)C(=O)c1cc(OC)c(OC)c(OC)c1. The summed E-state index contributed by atoms with van der Waals surface area (Å²) in [4.78, 5) is 13.2. The molecule has 0 fully saturated rings. The van der Waals surface area contributed by atoms with Gasteiger partial charge in [0, 0.05) is 11.1 Å². The zero-order valence-corrected chi connectivity index (χ0v) is 16.9. The quantitative estimate of drug-likeness (QED) is 0.505. The lowest BCUT2D eigenvalue weighted by Crippen LogP contribution is -2.06. The molecule has 0 amide bonds. The van der Waals surface area contributed by atoms with E-state index in [1.165, 1.54) is 28.4 Å². The molecule has 150 valence electrons. The van der Waals surface area contributed by atoms with E-state index < -0.39 is 0 Å². The number of methoxy groups -OCH3 is 4. The molecule has 6 nitrogen and oxygen atoms in total. The van der Waals surface area contributed by atoms with Gasteiger partial charge in [-0.2, -0.15) is 0 Å². The Morgan fingerprint density at radius 3 is 2.00 bits per heavy atom. The van der Waals surface area contributed by atoms with E-state index in [4.69, 9.17) is 18.9 Å². The lowest BCUT2D eigenvalue weighted by atomic mass is 9.96. The smallest absolute Gasteiger partial charge is 0.203 e. The Hall–Kier alpha value is -3.15. The summed E-state index contributed by atoms with van der Waals surface area (Å²) in [5, 5.41) is 10.00. The number of benzene rings is 2. The van der Waals surface area contributed by atoms with Gasteiger partial charge in [-0.25, -0.2) is 0 Å². The molecule has 0 unspecified atom stereocenters. The van der Waals surface area contributed by atoms with Crippen molar-refractivity contribution in [1.82, 2.24) is 0 Å². The molecule has 2 rings (SSSR count). The molecule has 0 saturated carbocycles. The first-order valence-electron chi connectivity index (χ1n) is 8.91. The zero-order valence-electron chi connectivity index (χ0n) is 16.9. The number of ketones is 1. The average Bonchev–Trinajstić information content (AvgIpc) is 2.71. The number of carbonyl (C=O) groups is 1. The van der Waals surface area contributed by atoms with Gasteiger partial charge >= 0.3 is 0 Å². The summed E-state index contributed by atoms with van der Waals surface area (Å²) in [6.45, 7) is 2.00. The third-order valence-corrected chi connectivity index (χ3v) is 4.28. The van der Waals surface area contributed by atoms with Gasteiger partial charge in [0.2, 0.25) is 5.75 Å². The number of allylic oxidation sites excluding steroid dienone is 1. The Morgan fingerprint density at radius 2 is 1.54 bits per heavy atom. The molecule has 28 heavy (non-hydrogen) atoms. The molecule has 0 aliphatic rings. The fraction of sp³-hybridized carbons (Fsp3) is 0.318. The monoisotopic (exact) mass is 386 g/mol. The molecule has 0 heterocycles. The predicted octanol–water partition coefficient (Wildman–Crippen LogP) is 4.49. The van der Waals surface area contributed by atoms with Crippen LogP contribution in [-0.2, 0) is 0 Å². The maximum absolute atomic E-state index is 13.2. The number of hydrogen-bond donors (Lipinski definition) is 1. The second-order valence-corrected chi connectivity index (χ2v) is 6.09. The largest absolute Gasteiger partial charge is 0.504 e. The second-order valence-electron chi connectivity index (χ2n) is 6.09. The Kier molecular flexibility index (Phi) is 7.32. The molecular weight excluding hydrogens is 360 g/mol. The van der Waals surface area contributed by atoms with E-state index in [9.17, 15) is 9.90 Å². The van der Waals surface area contributed by atoms with Crippen molar-refractivity contribution in [3.63, 3.8) is 0 Å². The van der Waals surface area contributed by atoms with Crippen LogP contribution in [0.3, 0.4) is 0 Å². The first-order chi connectivity index (χ1) is 13.5. The van der Waals surface area contributed by atoms with Crippen LogP contribution in [0.1, 0.15) is 35.7 Å². The minimum atomic E-state index is -0.142. The van der Waals surface area contributed by atoms with E-state index >= 15 is 0 Å². The van der Waals surface area contributed by atoms with Crippen LogP contribution in [-0.4, -0.2) is 39.3 Å². The van der Waals surface area contributed by atoms with Crippen molar-refractivity contribution >= 4 is 11.9 Å². The van der Waals surface area contributed by atoms with Gasteiger partial charge in [0.25, 0.3) is 0 Å². The van der Waals surface area contributed by atoms with Gasteiger partial charge in [-0.05, 0) is 42.3 Å². The van der Waals surface area contributed by atoms with Crippen LogP contribution in [0.2, 0.25) is 0 Å². The molecule has 0 aromatic heterocycles. The molecule has 0 radical (unpaired) electrons. The maximum Gasteiger partial charge on any atom is 0.203 e. The van der Waals surface area contributed by atoms with Crippen molar-refractivity contribution in [2.45, 2.75) is 19.8 Å². The van der Waals surface area contributed by atoms with Crippen LogP contribution < -0.4 is 18.9 Å². The molecule has 0 saturated heterocycles. The Morgan fingerprint density at radius 1 is 0.929 bits per heavy atom. The van der Waals surface area contributed by atoms with Crippen LogP contribution in [0, 0.1) is 0 Å². The maximum atomic E-state index is 13.2. The highest BCUT2D eigenvalue weighted by Gasteiger charge is 2.19. The molecule has 2 aromatic carbocycles. The van der Waals surface area contributed by atoms with Gasteiger partial charge in [-0.15, -0.1) is 0 Å². The third kappa shape index (κ3) is 4.57. The molecule has 6 heteroatoms. The number of phenolic OH excluding ortho intramolecular Hbond substituents is 1. The summed E-state index contributed by atoms with van der Waals surface area (Å²) >= 11 is 0. The minimum Gasteiger partial charge on any atom is -0.504 e. The number of phenols is 1. The average molecular weight is 386 g/mol.